The van der Waals surface area contributed by atoms with Gasteiger partial charge in [-0.1, -0.05) is 0 Å². The molecule has 1 amide bonds. The van der Waals surface area contributed by atoms with Crippen LogP contribution in [0.5, 0.6) is 0 Å². The lowest BCUT2D eigenvalue weighted by molar-refractivity contribution is -0.331. The van der Waals surface area contributed by atoms with Crippen LogP contribution >= 0.6 is 0 Å². The van der Waals surface area contributed by atoms with Gasteiger partial charge in [-0.2, -0.15) is 26.3 Å². The molecule has 0 spiro atoms. The van der Waals surface area contributed by atoms with Crippen LogP contribution in [0.2, 0.25) is 0 Å². The number of halogens is 6. The zero-order valence-corrected chi connectivity index (χ0v) is 14.7. The van der Waals surface area contributed by atoms with E-state index in [1.807, 2.05) is 0 Å². The Labute approximate surface area is 159 Å². The van der Waals surface area contributed by atoms with Crippen molar-refractivity contribution in [1.82, 2.24) is 9.80 Å². The Morgan fingerprint density at radius 3 is 1.78 bits per heavy atom. The van der Waals surface area contributed by atoms with Gasteiger partial charge in [-0.25, -0.2) is 4.79 Å². The molecule has 10 radical (unpaired) electrons. The lowest BCUT2D eigenvalue weighted by atomic mass is 9.49. The number of alkyl halides is 6. The topological polar surface area (TPSA) is 32.8 Å². The van der Waals surface area contributed by atoms with Crippen molar-refractivity contribution in [2.45, 2.75) is 61.4 Å². The summed E-state index contributed by atoms with van der Waals surface area (Å²) in [6, 6.07) is 0. The smallest absolute Gasteiger partial charge is 0.427 e. The second-order valence-corrected chi connectivity index (χ2v) is 7.19. The zero-order chi connectivity index (χ0) is 21.8. The molecule has 0 bridgehead atoms. The second kappa shape index (κ2) is 6.88. The minimum absolute atomic E-state index is 0.184. The summed E-state index contributed by atoms with van der Waals surface area (Å²) < 4.78 is 80.6. The Bertz CT molecular complexity index is 566. The first-order valence-electron chi connectivity index (χ1n) is 7.48. The van der Waals surface area contributed by atoms with Gasteiger partial charge >= 0.3 is 18.4 Å². The first-order chi connectivity index (χ1) is 11.7. The van der Waals surface area contributed by atoms with Crippen LogP contribution in [0.25, 0.3) is 0 Å². The van der Waals surface area contributed by atoms with Crippen molar-refractivity contribution in [2.24, 2.45) is 0 Å². The van der Waals surface area contributed by atoms with Crippen molar-refractivity contribution in [1.29, 1.82) is 0 Å². The van der Waals surface area contributed by atoms with E-state index in [4.69, 9.17) is 31.4 Å². The quantitative estimate of drug-likeness (QED) is 0.487. The van der Waals surface area contributed by atoms with E-state index in [-0.39, 0.29) is 4.90 Å². The van der Waals surface area contributed by atoms with Crippen LogP contribution < -0.4 is 0 Å². The number of carbonyl (C=O) groups excluding carboxylic acids is 1. The fourth-order valence-electron chi connectivity index (χ4n) is 2.64. The predicted molar refractivity (Wildman–Crippen MR) is 88.7 cm³/mol. The molecule has 140 valence electrons. The molecule has 1 fully saturated rings. The summed E-state index contributed by atoms with van der Waals surface area (Å²) >= 11 is 0. The van der Waals surface area contributed by atoms with Crippen LogP contribution in [0.1, 0.15) is 20.8 Å². The molecule has 1 saturated heterocycles. The Morgan fingerprint density at radius 1 is 1.04 bits per heavy atom. The van der Waals surface area contributed by atoms with E-state index in [1.165, 1.54) is 4.90 Å². The number of ether oxygens (including phenoxy) is 1. The van der Waals surface area contributed by atoms with Crippen molar-refractivity contribution in [3.63, 3.8) is 0 Å². The summed E-state index contributed by atoms with van der Waals surface area (Å²) in [5, 5.41) is -2.40. The largest absolute Gasteiger partial charge is 0.434 e. The van der Waals surface area contributed by atoms with Crippen LogP contribution in [-0.4, -0.2) is 102 Å². The highest BCUT2D eigenvalue weighted by atomic mass is 19.4. The van der Waals surface area contributed by atoms with Gasteiger partial charge in [0.1, 0.15) is 0 Å². The van der Waals surface area contributed by atoms with Gasteiger partial charge in [-0.05, 0) is 38.0 Å². The lowest BCUT2D eigenvalue weighted by Gasteiger charge is -2.60. The molecular weight excluding hydrogens is 372 g/mol. The van der Waals surface area contributed by atoms with E-state index in [1.54, 1.807) is 20.8 Å². The predicted octanol–water partition coefficient (Wildman–Crippen LogP) is 0.508. The molecule has 1 heterocycles. The van der Waals surface area contributed by atoms with Gasteiger partial charge < -0.3 is 14.5 Å². The molecule has 2 unspecified atom stereocenters. The van der Waals surface area contributed by atoms with Crippen molar-refractivity contribution >= 4 is 45.3 Å². The number of carbonyl (C=O) groups is 1. The van der Waals surface area contributed by atoms with Crippen LogP contribution in [0.15, 0.2) is 0 Å². The first kappa shape index (κ1) is 24.2. The zero-order valence-electron chi connectivity index (χ0n) is 14.7. The molecule has 0 N–H and O–H groups in total. The van der Waals surface area contributed by atoms with Crippen LogP contribution in [0.3, 0.4) is 0 Å². The number of hydrogen-bond donors (Lipinski definition) is 0. The molecule has 0 aromatic rings. The van der Waals surface area contributed by atoms with Gasteiger partial charge in [0, 0.05) is 12.1 Å². The van der Waals surface area contributed by atoms with Gasteiger partial charge in [-0.3, -0.25) is 0 Å². The van der Waals surface area contributed by atoms with Gasteiger partial charge in [0.15, 0.2) is 7.85 Å². The van der Waals surface area contributed by atoms with Gasteiger partial charge in [0.05, 0.1) is 31.4 Å². The van der Waals surface area contributed by atoms with Gasteiger partial charge in [0.2, 0.25) is 0 Å². The molecule has 27 heavy (non-hydrogen) atoms. The SMILES string of the molecule is [B]C1CN(C(=O)OC([B])(C(F)(F)F)C(F)(F)F)C([B])([B])C([B])N1C(C)(C)C. The van der Waals surface area contributed by atoms with Crippen molar-refractivity contribution in [3.05, 3.63) is 0 Å². The summed E-state index contributed by atoms with van der Waals surface area (Å²) in [5.74, 6) is -2.56. The molecule has 4 nitrogen and oxygen atoms in total. The van der Waals surface area contributed by atoms with E-state index in [0.29, 0.717) is 0 Å². The molecule has 1 aliphatic rings. The maximum Gasteiger partial charge on any atom is 0.427 e. The maximum atomic E-state index is 12.8. The lowest BCUT2D eigenvalue weighted by Crippen LogP contribution is -2.77. The average Bonchev–Trinajstić information content (AvgIpc) is 2.38. The van der Waals surface area contributed by atoms with Crippen molar-refractivity contribution in [2.75, 3.05) is 6.54 Å². The number of hydrogen-bond acceptors (Lipinski definition) is 3. The second-order valence-electron chi connectivity index (χ2n) is 7.19. The number of piperazine rings is 1. The van der Waals surface area contributed by atoms with Gasteiger partial charge in [-0.15, -0.1) is 0 Å². The Balaban J connectivity index is 3.25. The van der Waals surface area contributed by atoms with Gasteiger partial charge in [0.25, 0.3) is 5.50 Å². The summed E-state index contributed by atoms with van der Waals surface area (Å²) in [6.07, 6.45) is -14.5. The Kier molecular flexibility index (Phi) is 6.16. The fourth-order valence-corrected chi connectivity index (χ4v) is 2.64. The average molecular weight is 385 g/mol. The minimum Gasteiger partial charge on any atom is -0.434 e. The summed E-state index contributed by atoms with van der Waals surface area (Å²) in [5.41, 5.74) is -6.02. The van der Waals surface area contributed by atoms with E-state index in [0.717, 1.165) is 0 Å². The summed E-state index contributed by atoms with van der Waals surface area (Å²) in [7, 11) is 27.5. The third-order valence-electron chi connectivity index (χ3n) is 4.05. The minimum atomic E-state index is -6.16. The van der Waals surface area contributed by atoms with E-state index < -0.39 is 53.2 Å². The number of nitrogens with zero attached hydrogens (tertiary/aromatic N) is 2. The molecule has 0 aromatic carbocycles. The monoisotopic (exact) mass is 386 g/mol. The third kappa shape index (κ3) is 4.27. The van der Waals surface area contributed by atoms with E-state index >= 15 is 0 Å². The molecule has 2 atom stereocenters. The highest BCUT2D eigenvalue weighted by Gasteiger charge is 2.70. The third-order valence-corrected chi connectivity index (χ3v) is 4.05. The van der Waals surface area contributed by atoms with Crippen molar-refractivity contribution < 1.29 is 35.9 Å². The molecular formula is C12H13B5F6N2O2. The van der Waals surface area contributed by atoms with E-state index in [2.05, 4.69) is 12.6 Å². The Morgan fingerprint density at radius 2 is 1.44 bits per heavy atom. The van der Waals surface area contributed by atoms with Crippen LogP contribution in [-0.2, 0) is 4.74 Å². The summed E-state index contributed by atoms with van der Waals surface area (Å²) in [6.45, 7) is 4.32. The van der Waals surface area contributed by atoms with Crippen LogP contribution in [0, 0.1) is 0 Å². The summed E-state index contributed by atoms with van der Waals surface area (Å²) in [4.78, 5) is 13.6. The van der Waals surface area contributed by atoms with E-state index in [9.17, 15) is 31.1 Å². The molecule has 0 aromatic heterocycles. The highest BCUT2D eigenvalue weighted by Crippen LogP contribution is 2.44. The fraction of sp³-hybridized carbons (Fsp3) is 0.917. The number of amides is 1. The molecule has 0 saturated carbocycles. The molecule has 1 rings (SSSR count). The molecule has 0 aliphatic carbocycles. The van der Waals surface area contributed by atoms with Crippen molar-refractivity contribution in [3.8, 4) is 0 Å². The molecule has 15 heteroatoms. The first-order valence-corrected chi connectivity index (χ1v) is 7.48. The van der Waals surface area contributed by atoms with Crippen LogP contribution in [0.4, 0.5) is 31.1 Å². The number of rotatable bonds is 1. The normalized spacial score (nSPS) is 25.3. The highest BCUT2D eigenvalue weighted by molar-refractivity contribution is 6.45. The standard InChI is InChI=1S/C12H13B5F6N2O2/c1-8(2,3)25-5(13)4-24(9(15,16)6(25)14)7(26)27-10(17,11(18,19)20)12(21,22)23/h5-6H,4H2,1-3H3. The molecule has 1 aliphatic heterocycles. The maximum absolute atomic E-state index is 12.8. The Hall–Kier alpha value is -0.865.